The number of ether oxygens (including phenoxy) is 1. The Morgan fingerprint density at radius 2 is 1.90 bits per heavy atom. The van der Waals surface area contributed by atoms with Gasteiger partial charge in [-0.25, -0.2) is 13.4 Å². The largest absolute Gasteiger partial charge is 0.573 e. The number of pyridine rings is 1. The number of aliphatic hydroxyl groups excluding tert-OH is 1. The Bertz CT molecular complexity index is 977. The molecule has 1 atom stereocenters. The molecule has 0 fully saturated rings. The fraction of sp³-hybridized carbons (Fsp3) is 0.294. The molecule has 1 amide bonds. The van der Waals surface area contributed by atoms with Gasteiger partial charge < -0.3 is 20.9 Å². The molecule has 2 aromatic rings. The van der Waals surface area contributed by atoms with Gasteiger partial charge in [-0.2, -0.15) is 0 Å². The summed E-state index contributed by atoms with van der Waals surface area (Å²) in [6, 6.07) is 4.65. The molecule has 0 aliphatic heterocycles. The Hall–Kier alpha value is -2.86. The highest BCUT2D eigenvalue weighted by Gasteiger charge is 2.31. The fourth-order valence-corrected chi connectivity index (χ4v) is 3.47. The molecule has 1 heterocycles. The van der Waals surface area contributed by atoms with Crippen LogP contribution in [0.1, 0.15) is 23.8 Å². The van der Waals surface area contributed by atoms with E-state index in [4.69, 9.17) is 5.73 Å². The Morgan fingerprint density at radius 1 is 1.28 bits per heavy atom. The molecule has 0 aliphatic carbocycles. The van der Waals surface area contributed by atoms with E-state index >= 15 is 0 Å². The number of nitrogens with one attached hydrogen (secondary N) is 1. The van der Waals surface area contributed by atoms with Crippen LogP contribution in [0.3, 0.4) is 0 Å². The lowest BCUT2D eigenvalue weighted by Crippen LogP contribution is -2.28. The number of hydrogen-bond donors (Lipinski definition) is 3. The normalized spacial score (nSPS) is 13.0. The number of carbonyl (C=O) groups is 1. The van der Waals surface area contributed by atoms with Gasteiger partial charge in [-0.3, -0.25) is 4.79 Å². The number of nitrogens with two attached hydrogens (primary N) is 1. The van der Waals surface area contributed by atoms with Crippen LogP contribution in [0.15, 0.2) is 46.3 Å². The minimum absolute atomic E-state index is 0.171. The van der Waals surface area contributed by atoms with Gasteiger partial charge in [-0.05, 0) is 43.7 Å². The molecular formula is C17H18F3N3O5S. The van der Waals surface area contributed by atoms with Crippen LogP contribution in [0.2, 0.25) is 0 Å². The number of nitrogens with zero attached hydrogens (tertiary/aromatic N) is 1. The summed E-state index contributed by atoms with van der Waals surface area (Å²) >= 11 is 0. The van der Waals surface area contributed by atoms with Gasteiger partial charge in [0.15, 0.2) is 5.69 Å². The van der Waals surface area contributed by atoms with Crippen LogP contribution in [-0.4, -0.2) is 43.4 Å². The van der Waals surface area contributed by atoms with Crippen molar-refractivity contribution in [1.29, 1.82) is 0 Å². The van der Waals surface area contributed by atoms with Gasteiger partial charge in [0, 0.05) is 12.7 Å². The average molecular weight is 433 g/mol. The second kappa shape index (κ2) is 8.66. The summed E-state index contributed by atoms with van der Waals surface area (Å²) in [4.78, 5) is 15.2. The highest BCUT2D eigenvalue weighted by molar-refractivity contribution is 7.91. The van der Waals surface area contributed by atoms with E-state index in [0.29, 0.717) is 6.42 Å². The first kappa shape index (κ1) is 22.4. The molecule has 0 spiro atoms. The third-order valence-electron chi connectivity index (χ3n) is 3.63. The molecule has 8 nitrogen and oxygen atoms in total. The maximum Gasteiger partial charge on any atom is 0.573 e. The number of amides is 1. The molecule has 12 heteroatoms. The van der Waals surface area contributed by atoms with E-state index in [1.54, 1.807) is 6.92 Å². The monoisotopic (exact) mass is 433 g/mol. The van der Waals surface area contributed by atoms with Crippen molar-refractivity contribution in [3.05, 3.63) is 42.2 Å². The number of nitrogen functional groups attached to an aromatic ring is 1. The number of hydrogen-bond acceptors (Lipinski definition) is 7. The van der Waals surface area contributed by atoms with Crippen molar-refractivity contribution in [2.45, 2.75) is 35.6 Å². The number of anilines is 1. The van der Waals surface area contributed by atoms with Crippen LogP contribution in [-0.2, 0) is 9.84 Å². The lowest BCUT2D eigenvalue weighted by atomic mass is 10.2. The Morgan fingerprint density at radius 3 is 2.41 bits per heavy atom. The minimum Gasteiger partial charge on any atom is -0.406 e. The molecular weight excluding hydrogens is 415 g/mol. The summed E-state index contributed by atoms with van der Waals surface area (Å²) in [7, 11) is -4.14. The molecule has 29 heavy (non-hydrogen) atoms. The van der Waals surface area contributed by atoms with Crippen LogP contribution in [0.4, 0.5) is 18.9 Å². The third-order valence-corrected chi connectivity index (χ3v) is 5.37. The number of sulfone groups is 1. The molecule has 2 rings (SSSR count). The number of halogens is 3. The van der Waals surface area contributed by atoms with Crippen molar-refractivity contribution in [2.24, 2.45) is 0 Å². The van der Waals surface area contributed by atoms with Crippen LogP contribution in [0, 0.1) is 0 Å². The highest BCUT2D eigenvalue weighted by atomic mass is 32.2. The van der Waals surface area contributed by atoms with Crippen LogP contribution in [0.5, 0.6) is 5.75 Å². The summed E-state index contributed by atoms with van der Waals surface area (Å²) in [5.74, 6) is -1.21. The molecule has 0 unspecified atom stereocenters. The van der Waals surface area contributed by atoms with Gasteiger partial charge in [-0.15, -0.1) is 13.2 Å². The van der Waals surface area contributed by atoms with Gasteiger partial charge in [0.25, 0.3) is 5.91 Å². The van der Waals surface area contributed by atoms with Crippen molar-refractivity contribution in [2.75, 3.05) is 12.3 Å². The number of carbonyl (C=O) groups excluding carboxylic acids is 1. The predicted molar refractivity (Wildman–Crippen MR) is 95.9 cm³/mol. The molecule has 0 radical (unpaired) electrons. The van der Waals surface area contributed by atoms with E-state index in [0.717, 1.165) is 36.5 Å². The van der Waals surface area contributed by atoms with Gasteiger partial charge >= 0.3 is 6.36 Å². The molecule has 0 saturated carbocycles. The van der Waals surface area contributed by atoms with Gasteiger partial charge in [0.1, 0.15) is 5.75 Å². The van der Waals surface area contributed by atoms with Gasteiger partial charge in [0.05, 0.1) is 21.6 Å². The molecule has 0 saturated heterocycles. The molecule has 1 aromatic carbocycles. The van der Waals surface area contributed by atoms with Crippen molar-refractivity contribution < 1.29 is 36.2 Å². The van der Waals surface area contributed by atoms with E-state index in [1.807, 2.05) is 0 Å². The fourth-order valence-electron chi connectivity index (χ4n) is 2.23. The number of benzene rings is 1. The number of rotatable bonds is 7. The Balaban J connectivity index is 2.21. The molecule has 0 aliphatic rings. The maximum absolute atomic E-state index is 12.6. The van der Waals surface area contributed by atoms with Crippen molar-refractivity contribution in [3.63, 3.8) is 0 Å². The second-order valence-electron chi connectivity index (χ2n) is 6.03. The first-order valence-electron chi connectivity index (χ1n) is 8.23. The standard InChI is InChI=1S/C17H18F3N3O5S/c1-10(24)6-7-22-16(25)15-14(21)8-13(9-23-15)29(26,27)12-4-2-11(3-5-12)28-17(18,19)20/h2-5,8-10,24H,6-7,21H2,1H3,(H,22,25)/t10-/m0/s1. The first-order valence-corrected chi connectivity index (χ1v) is 9.71. The SMILES string of the molecule is C[C@H](O)CCNC(=O)c1ncc(S(=O)(=O)c2ccc(OC(F)(F)F)cc2)cc1N. The Labute approximate surface area is 164 Å². The highest BCUT2D eigenvalue weighted by Crippen LogP contribution is 2.27. The zero-order valence-corrected chi connectivity index (χ0v) is 15.9. The zero-order valence-electron chi connectivity index (χ0n) is 15.1. The summed E-state index contributed by atoms with van der Waals surface area (Å²) < 4.78 is 65.5. The van der Waals surface area contributed by atoms with Crippen molar-refractivity contribution in [3.8, 4) is 5.75 Å². The topological polar surface area (TPSA) is 132 Å². The summed E-state index contributed by atoms with van der Waals surface area (Å²) in [6.07, 6.45) is -4.27. The van der Waals surface area contributed by atoms with Crippen LogP contribution in [0.25, 0.3) is 0 Å². The number of aromatic nitrogens is 1. The summed E-state index contributed by atoms with van der Waals surface area (Å²) in [6.45, 7) is 1.73. The molecule has 1 aromatic heterocycles. The minimum atomic E-state index is -4.90. The second-order valence-corrected chi connectivity index (χ2v) is 7.97. The smallest absolute Gasteiger partial charge is 0.406 e. The number of aliphatic hydroxyl groups is 1. The number of alkyl halides is 3. The summed E-state index contributed by atoms with van der Waals surface area (Å²) in [5, 5.41) is 11.7. The van der Waals surface area contributed by atoms with Gasteiger partial charge in [-0.1, -0.05) is 0 Å². The van der Waals surface area contributed by atoms with E-state index in [-0.39, 0.29) is 27.7 Å². The molecule has 4 N–H and O–H groups in total. The average Bonchev–Trinajstić information content (AvgIpc) is 2.60. The predicted octanol–water partition coefficient (Wildman–Crippen LogP) is 1.90. The Kier molecular flexibility index (Phi) is 6.69. The zero-order chi connectivity index (χ0) is 21.8. The van der Waals surface area contributed by atoms with E-state index in [1.165, 1.54) is 0 Å². The molecule has 158 valence electrons. The first-order chi connectivity index (χ1) is 13.4. The summed E-state index contributed by atoms with van der Waals surface area (Å²) in [5.41, 5.74) is 5.35. The van der Waals surface area contributed by atoms with Crippen LogP contribution < -0.4 is 15.8 Å². The van der Waals surface area contributed by atoms with Gasteiger partial charge in [0.2, 0.25) is 9.84 Å². The van der Waals surface area contributed by atoms with E-state index < -0.39 is 34.0 Å². The quantitative estimate of drug-likeness (QED) is 0.608. The van der Waals surface area contributed by atoms with Crippen LogP contribution >= 0.6 is 0 Å². The lowest BCUT2D eigenvalue weighted by Gasteiger charge is -2.11. The van der Waals surface area contributed by atoms with E-state index in [2.05, 4.69) is 15.0 Å². The maximum atomic E-state index is 12.6. The van der Waals surface area contributed by atoms with Crippen molar-refractivity contribution in [1.82, 2.24) is 10.3 Å². The lowest BCUT2D eigenvalue weighted by molar-refractivity contribution is -0.274. The van der Waals surface area contributed by atoms with Crippen molar-refractivity contribution >= 4 is 21.4 Å². The molecule has 0 bridgehead atoms. The third kappa shape index (κ3) is 6.06. The van der Waals surface area contributed by atoms with E-state index in [9.17, 15) is 31.5 Å².